The Kier molecular flexibility index (Phi) is 8.39. The van der Waals surface area contributed by atoms with Crippen LogP contribution in [0.4, 0.5) is 17.1 Å². The predicted molar refractivity (Wildman–Crippen MR) is 262 cm³/mol. The van der Waals surface area contributed by atoms with Gasteiger partial charge in [0.15, 0.2) is 0 Å². The Hall–Kier alpha value is -7.72. The van der Waals surface area contributed by atoms with Gasteiger partial charge in [-0.2, -0.15) is 0 Å². The van der Waals surface area contributed by atoms with Gasteiger partial charge in [0.1, 0.15) is 0 Å². The third-order valence-corrected chi connectivity index (χ3v) is 13.4. The number of hydrogen-bond donors (Lipinski definition) is 0. The van der Waals surface area contributed by atoms with Crippen LogP contribution in [-0.4, -0.2) is 4.57 Å². The van der Waals surface area contributed by atoms with Crippen molar-refractivity contribution in [1.82, 2.24) is 4.57 Å². The molecule has 12 aromatic rings. The lowest BCUT2D eigenvalue weighted by molar-refractivity contribution is 1.18. The molecule has 2 nitrogen and oxygen atoms in total. The fraction of sp³-hybridized carbons (Fsp3) is 0. The first kappa shape index (κ1) is 35.2. The number of hydrogen-bond acceptors (Lipinski definition) is 2. The Morgan fingerprint density at radius 3 is 1.52 bits per heavy atom. The van der Waals surface area contributed by atoms with Gasteiger partial charge < -0.3 is 9.47 Å². The first-order chi connectivity index (χ1) is 30.3. The van der Waals surface area contributed by atoms with E-state index in [0.717, 1.165) is 22.7 Å². The molecule has 0 radical (unpaired) electrons. The van der Waals surface area contributed by atoms with E-state index < -0.39 is 0 Å². The Bertz CT molecular complexity index is 3520. The third-order valence-electron chi connectivity index (χ3n) is 12.2. The summed E-state index contributed by atoms with van der Waals surface area (Å²) in [6.07, 6.45) is 0. The summed E-state index contributed by atoms with van der Waals surface area (Å²) in [6, 6.07) is 84.2. The molecular weight excluding hydrogens is 757 g/mol. The van der Waals surface area contributed by atoms with Gasteiger partial charge in [-0.25, -0.2) is 0 Å². The Labute approximate surface area is 358 Å². The molecule has 0 amide bonds. The molecule has 2 heterocycles. The predicted octanol–water partition coefficient (Wildman–Crippen LogP) is 16.8. The van der Waals surface area contributed by atoms with Crippen molar-refractivity contribution < 1.29 is 0 Å². The van der Waals surface area contributed by atoms with Gasteiger partial charge >= 0.3 is 0 Å². The minimum atomic E-state index is 1.10. The van der Waals surface area contributed by atoms with Gasteiger partial charge in [-0.3, -0.25) is 0 Å². The first-order valence-electron chi connectivity index (χ1n) is 20.8. The van der Waals surface area contributed by atoms with Crippen LogP contribution in [0.2, 0.25) is 0 Å². The highest BCUT2D eigenvalue weighted by Crippen LogP contribution is 2.45. The largest absolute Gasteiger partial charge is 0.310 e. The van der Waals surface area contributed by atoms with Crippen molar-refractivity contribution in [2.75, 3.05) is 4.90 Å². The van der Waals surface area contributed by atoms with Gasteiger partial charge in [-0.1, -0.05) is 170 Å². The highest BCUT2D eigenvalue weighted by Gasteiger charge is 2.21. The van der Waals surface area contributed by atoms with E-state index in [1.807, 2.05) is 11.3 Å². The average molecular weight is 795 g/mol. The normalized spacial score (nSPS) is 11.6. The molecule has 286 valence electrons. The highest BCUT2D eigenvalue weighted by atomic mass is 32.1. The molecular formula is C58H38N2S. The standard InChI is InChI=1S/C58H38N2S/c1-2-14-39(15-3-1)40-26-31-43(32-27-40)59(44-33-28-41(29-34-44)42-30-35-52-51-21-9-13-25-57(51)61-58(52)38-42)56-37-36-46(45-16-4-5-17-47(45)56)48-18-6-10-22-53(48)60-54-23-11-7-19-49(54)50-20-8-12-24-55(50)60/h1-38H. The fourth-order valence-electron chi connectivity index (χ4n) is 9.36. The van der Waals surface area contributed by atoms with Crippen molar-refractivity contribution >= 4 is 81.1 Å². The lowest BCUT2D eigenvalue weighted by Crippen LogP contribution is -2.10. The maximum absolute atomic E-state index is 2.43. The van der Waals surface area contributed by atoms with Crippen LogP contribution in [0.15, 0.2) is 231 Å². The van der Waals surface area contributed by atoms with Crippen LogP contribution in [0, 0.1) is 0 Å². The van der Waals surface area contributed by atoms with E-state index in [1.165, 1.54) is 86.1 Å². The molecule has 10 aromatic carbocycles. The third kappa shape index (κ3) is 5.93. The summed E-state index contributed by atoms with van der Waals surface area (Å²) in [4.78, 5) is 2.42. The number of anilines is 3. The molecule has 12 rings (SSSR count). The van der Waals surface area contributed by atoms with Crippen LogP contribution in [0.25, 0.3) is 91.8 Å². The lowest BCUT2D eigenvalue weighted by atomic mass is 9.95. The molecule has 0 unspecified atom stereocenters. The Morgan fingerprint density at radius 1 is 0.311 bits per heavy atom. The zero-order valence-corrected chi connectivity index (χ0v) is 34.1. The molecule has 61 heavy (non-hydrogen) atoms. The molecule has 0 bridgehead atoms. The van der Waals surface area contributed by atoms with Crippen molar-refractivity contribution in [3.63, 3.8) is 0 Å². The summed E-state index contributed by atoms with van der Waals surface area (Å²) in [5, 5.41) is 7.55. The molecule has 0 N–H and O–H groups in total. The number of benzene rings is 10. The van der Waals surface area contributed by atoms with Crippen LogP contribution in [0.1, 0.15) is 0 Å². The summed E-state index contributed by atoms with van der Waals surface area (Å²) in [5.41, 5.74) is 14.1. The molecule has 0 saturated heterocycles. The highest BCUT2D eigenvalue weighted by molar-refractivity contribution is 7.25. The van der Waals surface area contributed by atoms with Crippen LogP contribution < -0.4 is 4.90 Å². The smallest absolute Gasteiger partial charge is 0.0541 e. The lowest BCUT2D eigenvalue weighted by Gasteiger charge is -2.28. The number of aromatic nitrogens is 1. The maximum atomic E-state index is 2.43. The zero-order chi connectivity index (χ0) is 40.3. The minimum absolute atomic E-state index is 1.10. The van der Waals surface area contributed by atoms with E-state index in [9.17, 15) is 0 Å². The summed E-state index contributed by atoms with van der Waals surface area (Å²) in [5.74, 6) is 0. The number of nitrogens with zero attached hydrogens (tertiary/aromatic N) is 2. The second-order valence-corrected chi connectivity index (χ2v) is 16.8. The SMILES string of the molecule is c1ccc(-c2ccc(N(c3ccc(-c4ccc5c(c4)sc4ccccc45)cc3)c3ccc(-c4ccccc4-n4c5ccccc5c5ccccc54)c4ccccc34)cc2)cc1. The molecule has 0 aliphatic rings. The van der Waals surface area contributed by atoms with E-state index in [0.29, 0.717) is 0 Å². The van der Waals surface area contributed by atoms with Crippen molar-refractivity contribution in [2.45, 2.75) is 0 Å². The van der Waals surface area contributed by atoms with Gasteiger partial charge in [-0.05, 0) is 93.9 Å². The number of rotatable bonds is 7. The van der Waals surface area contributed by atoms with Gasteiger partial charge in [0.25, 0.3) is 0 Å². The average Bonchev–Trinajstić information content (AvgIpc) is 3.88. The maximum Gasteiger partial charge on any atom is 0.0541 e. The van der Waals surface area contributed by atoms with Crippen molar-refractivity contribution in [2.24, 2.45) is 0 Å². The molecule has 0 aliphatic heterocycles. The first-order valence-corrected chi connectivity index (χ1v) is 21.7. The second kappa shape index (κ2) is 14.5. The second-order valence-electron chi connectivity index (χ2n) is 15.7. The topological polar surface area (TPSA) is 8.17 Å². The number of thiophene rings is 1. The minimum Gasteiger partial charge on any atom is -0.310 e. The van der Waals surface area contributed by atoms with Crippen molar-refractivity contribution in [1.29, 1.82) is 0 Å². The monoisotopic (exact) mass is 794 g/mol. The van der Waals surface area contributed by atoms with Crippen LogP contribution >= 0.6 is 11.3 Å². The van der Waals surface area contributed by atoms with Crippen molar-refractivity contribution in [3.05, 3.63) is 231 Å². The van der Waals surface area contributed by atoms with E-state index in [2.05, 4.69) is 240 Å². The van der Waals surface area contributed by atoms with E-state index in [1.54, 1.807) is 0 Å². The molecule has 0 aliphatic carbocycles. The van der Waals surface area contributed by atoms with E-state index in [-0.39, 0.29) is 0 Å². The van der Waals surface area contributed by atoms with Crippen LogP contribution in [-0.2, 0) is 0 Å². The summed E-state index contributed by atoms with van der Waals surface area (Å²) in [6.45, 7) is 0. The molecule has 0 spiro atoms. The van der Waals surface area contributed by atoms with Gasteiger partial charge in [0.05, 0.1) is 22.4 Å². The van der Waals surface area contributed by atoms with E-state index >= 15 is 0 Å². The number of fused-ring (bicyclic) bond motifs is 7. The molecule has 0 fully saturated rings. The van der Waals surface area contributed by atoms with Gasteiger partial charge in [0, 0.05) is 53.3 Å². The molecule has 3 heteroatoms. The Balaban J connectivity index is 1.01. The molecule has 2 aromatic heterocycles. The summed E-state index contributed by atoms with van der Waals surface area (Å²) < 4.78 is 5.07. The fourth-order valence-corrected chi connectivity index (χ4v) is 10.5. The molecule has 0 saturated carbocycles. The molecule has 0 atom stereocenters. The van der Waals surface area contributed by atoms with Crippen molar-refractivity contribution in [3.8, 4) is 39.1 Å². The Morgan fingerprint density at radius 2 is 0.820 bits per heavy atom. The van der Waals surface area contributed by atoms with Crippen LogP contribution in [0.5, 0.6) is 0 Å². The van der Waals surface area contributed by atoms with Crippen LogP contribution in [0.3, 0.4) is 0 Å². The summed E-state index contributed by atoms with van der Waals surface area (Å²) >= 11 is 1.86. The zero-order valence-electron chi connectivity index (χ0n) is 33.2. The van der Waals surface area contributed by atoms with Gasteiger partial charge in [0.2, 0.25) is 0 Å². The van der Waals surface area contributed by atoms with E-state index in [4.69, 9.17) is 0 Å². The summed E-state index contributed by atoms with van der Waals surface area (Å²) in [7, 11) is 0. The quantitative estimate of drug-likeness (QED) is 0.156. The number of para-hydroxylation sites is 3. The van der Waals surface area contributed by atoms with Gasteiger partial charge in [-0.15, -0.1) is 11.3 Å².